The summed E-state index contributed by atoms with van der Waals surface area (Å²) in [6, 6.07) is 7.86. The third-order valence-electron chi connectivity index (χ3n) is 10.1. The van der Waals surface area contributed by atoms with Gasteiger partial charge in [-0.05, 0) is 111 Å². The molecule has 6 rings (SSSR count). The Kier molecular flexibility index (Phi) is 8.38. The van der Waals surface area contributed by atoms with Crippen LogP contribution in [0.1, 0.15) is 74.3 Å². The van der Waals surface area contributed by atoms with E-state index < -0.39 is 22.8 Å². The molecule has 46 heavy (non-hydrogen) atoms. The van der Waals surface area contributed by atoms with Crippen molar-refractivity contribution in [2.45, 2.75) is 84.5 Å². The fourth-order valence-corrected chi connectivity index (χ4v) is 7.46. The number of ether oxygens (including phenoxy) is 3. The largest absolute Gasteiger partial charge is 0.493 e. The van der Waals surface area contributed by atoms with Crippen LogP contribution in [0.15, 0.2) is 36.5 Å². The molecule has 3 aromatic rings. The van der Waals surface area contributed by atoms with Crippen molar-refractivity contribution in [3.05, 3.63) is 76.0 Å². The van der Waals surface area contributed by atoms with Crippen molar-refractivity contribution >= 4 is 5.97 Å². The number of carbonyl (C=O) groups excluding carboxylic acids is 1. The number of pyridine rings is 1. The molecule has 3 aliphatic rings. The highest BCUT2D eigenvalue weighted by Gasteiger charge is 2.60. The molecule has 2 unspecified atom stereocenters. The first-order valence-corrected chi connectivity index (χ1v) is 16.1. The number of hydrogen-bond donors (Lipinski definition) is 2. The zero-order valence-electron chi connectivity index (χ0n) is 27.3. The van der Waals surface area contributed by atoms with Crippen molar-refractivity contribution in [3.63, 3.8) is 0 Å². The first kappa shape index (κ1) is 32.4. The molecule has 1 aromatic heterocycles. The van der Waals surface area contributed by atoms with E-state index in [-0.39, 0.29) is 47.4 Å². The van der Waals surface area contributed by atoms with Gasteiger partial charge in [0.2, 0.25) is 5.88 Å². The lowest BCUT2D eigenvalue weighted by molar-refractivity contribution is -0.146. The zero-order valence-corrected chi connectivity index (χ0v) is 27.3. The van der Waals surface area contributed by atoms with Crippen LogP contribution in [0.4, 0.5) is 8.78 Å². The van der Waals surface area contributed by atoms with Gasteiger partial charge in [-0.15, -0.1) is 0 Å². The number of nitrogens with zero attached hydrogens (tertiary/aromatic N) is 1. The van der Waals surface area contributed by atoms with Crippen LogP contribution in [0.5, 0.6) is 11.6 Å². The van der Waals surface area contributed by atoms with Gasteiger partial charge in [-0.1, -0.05) is 13.8 Å². The third-order valence-corrected chi connectivity index (χ3v) is 10.1. The number of rotatable bonds is 10. The Hall–Kier alpha value is -3.56. The van der Waals surface area contributed by atoms with Gasteiger partial charge in [0.1, 0.15) is 24.0 Å². The summed E-state index contributed by atoms with van der Waals surface area (Å²) in [6.45, 7) is 11.6. The second-order valence-electron chi connectivity index (χ2n) is 14.4. The number of halogens is 2. The van der Waals surface area contributed by atoms with Crippen molar-refractivity contribution in [1.29, 1.82) is 0 Å². The van der Waals surface area contributed by atoms with Crippen LogP contribution in [0.3, 0.4) is 0 Å². The Morgan fingerprint density at radius 3 is 2.33 bits per heavy atom. The average Bonchev–Trinajstić information content (AvgIpc) is 3.47. The van der Waals surface area contributed by atoms with Crippen LogP contribution >= 0.6 is 0 Å². The summed E-state index contributed by atoms with van der Waals surface area (Å²) in [5, 5.41) is 21.0. The standard InChI is InChI=1S/C37H43F2NO6/c1-19(2)16-46-35(41)34-27-9-23-11-31(40-15-28(23)33(27)34)45-18-24-10-26(30(39)12-29(24)38)32-20(3)7-25(8-21(32)4)44-17-22-13-36(5,42)37(6,43)14-22/h7-8,10-12,15,19,22,27,33-34,42-43H,9,13-14,16-18H2,1-6H3/t22?,27-,33-,34+,36?,37?/m1/s1. The van der Waals surface area contributed by atoms with Crippen molar-refractivity contribution in [2.24, 2.45) is 23.7 Å². The highest BCUT2D eigenvalue weighted by molar-refractivity contribution is 5.79. The minimum absolute atomic E-state index is 0.0106. The molecule has 0 amide bonds. The number of aromatic nitrogens is 1. The molecular formula is C37H43F2NO6. The molecule has 0 spiro atoms. The van der Waals surface area contributed by atoms with Crippen molar-refractivity contribution < 1.29 is 38.0 Å². The summed E-state index contributed by atoms with van der Waals surface area (Å²) in [5.74, 6) is -0.0321. The number of carbonyl (C=O) groups is 1. The van der Waals surface area contributed by atoms with Gasteiger partial charge in [0.15, 0.2) is 0 Å². The fraction of sp³-hybridized carbons (Fsp3) is 0.514. The Morgan fingerprint density at radius 1 is 1.00 bits per heavy atom. The molecule has 1 heterocycles. The number of aryl methyl sites for hydroxylation is 2. The molecule has 7 nitrogen and oxygen atoms in total. The van der Waals surface area contributed by atoms with E-state index in [0.717, 1.165) is 34.7 Å². The van der Waals surface area contributed by atoms with Crippen LogP contribution in [0.2, 0.25) is 0 Å². The highest BCUT2D eigenvalue weighted by atomic mass is 19.1. The Bertz CT molecular complexity index is 1630. The van der Waals surface area contributed by atoms with Gasteiger partial charge in [0, 0.05) is 35.4 Å². The topological polar surface area (TPSA) is 98.1 Å². The summed E-state index contributed by atoms with van der Waals surface area (Å²) in [7, 11) is 0. The number of esters is 1. The van der Waals surface area contributed by atoms with Crippen LogP contribution in [0, 0.1) is 49.2 Å². The van der Waals surface area contributed by atoms with Gasteiger partial charge >= 0.3 is 5.97 Å². The molecule has 5 atom stereocenters. The second kappa shape index (κ2) is 11.9. The minimum atomic E-state index is -1.18. The van der Waals surface area contributed by atoms with Gasteiger partial charge in [0.25, 0.3) is 0 Å². The minimum Gasteiger partial charge on any atom is -0.493 e. The molecule has 9 heteroatoms. The normalized spacial score (nSPS) is 27.8. The molecule has 3 aliphatic carbocycles. The SMILES string of the molecule is Cc1cc(OCC2CC(C)(O)C(C)(O)C2)cc(C)c1-c1cc(COc2cc3c(cn2)[C@H]2[C@@H](C3)[C@@H]2C(=O)OCC(C)C)c(F)cc1F. The molecule has 2 aromatic carbocycles. The Labute approximate surface area is 268 Å². The third kappa shape index (κ3) is 6.11. The van der Waals surface area contributed by atoms with Gasteiger partial charge in [-0.25, -0.2) is 13.8 Å². The molecule has 0 bridgehead atoms. The van der Waals surface area contributed by atoms with Gasteiger partial charge in [0.05, 0.1) is 30.3 Å². The maximum Gasteiger partial charge on any atom is 0.309 e. The first-order valence-electron chi connectivity index (χ1n) is 16.1. The molecule has 2 fully saturated rings. The number of benzene rings is 2. The van der Waals surface area contributed by atoms with E-state index in [0.29, 0.717) is 49.2 Å². The summed E-state index contributed by atoms with van der Waals surface area (Å²) >= 11 is 0. The van der Waals surface area contributed by atoms with E-state index in [1.165, 1.54) is 6.07 Å². The van der Waals surface area contributed by atoms with Crippen molar-refractivity contribution in [3.8, 4) is 22.8 Å². The predicted molar refractivity (Wildman–Crippen MR) is 169 cm³/mol. The van der Waals surface area contributed by atoms with Gasteiger partial charge in [-0.3, -0.25) is 4.79 Å². The van der Waals surface area contributed by atoms with Crippen LogP contribution in [0.25, 0.3) is 11.1 Å². The van der Waals surface area contributed by atoms with Crippen molar-refractivity contribution in [1.82, 2.24) is 4.98 Å². The predicted octanol–water partition coefficient (Wildman–Crippen LogP) is 6.60. The quantitative estimate of drug-likeness (QED) is 0.242. The Balaban J connectivity index is 1.12. The molecule has 0 saturated heterocycles. The molecule has 0 radical (unpaired) electrons. The summed E-state index contributed by atoms with van der Waals surface area (Å²) in [4.78, 5) is 16.9. The van der Waals surface area contributed by atoms with Crippen LogP contribution < -0.4 is 9.47 Å². The first-order chi connectivity index (χ1) is 21.6. The van der Waals surface area contributed by atoms with Crippen molar-refractivity contribution in [2.75, 3.05) is 13.2 Å². The summed E-state index contributed by atoms with van der Waals surface area (Å²) in [6.07, 6.45) is 3.35. The number of hydrogen-bond acceptors (Lipinski definition) is 7. The smallest absolute Gasteiger partial charge is 0.309 e. The van der Waals surface area contributed by atoms with E-state index in [2.05, 4.69) is 4.98 Å². The lowest BCUT2D eigenvalue weighted by Gasteiger charge is -2.31. The monoisotopic (exact) mass is 635 g/mol. The average molecular weight is 636 g/mol. The highest BCUT2D eigenvalue weighted by Crippen LogP contribution is 2.62. The molecule has 2 N–H and O–H groups in total. The molecule has 2 saturated carbocycles. The van der Waals surface area contributed by atoms with Gasteiger partial charge < -0.3 is 24.4 Å². The fourth-order valence-electron chi connectivity index (χ4n) is 7.46. The van der Waals surface area contributed by atoms with Gasteiger partial charge in [-0.2, -0.15) is 0 Å². The maximum absolute atomic E-state index is 15.2. The molecule has 246 valence electrons. The summed E-state index contributed by atoms with van der Waals surface area (Å²) < 4.78 is 47.5. The van der Waals surface area contributed by atoms with Crippen LogP contribution in [-0.4, -0.2) is 45.6 Å². The Morgan fingerprint density at radius 2 is 1.67 bits per heavy atom. The van der Waals surface area contributed by atoms with E-state index in [4.69, 9.17) is 14.2 Å². The van der Waals surface area contributed by atoms with E-state index in [1.807, 2.05) is 45.9 Å². The van der Waals surface area contributed by atoms with E-state index in [1.54, 1.807) is 20.0 Å². The maximum atomic E-state index is 15.2. The van der Waals surface area contributed by atoms with E-state index >= 15 is 4.39 Å². The molecule has 0 aliphatic heterocycles. The number of fused-ring (bicyclic) bond motifs is 3. The molecular weight excluding hydrogens is 592 g/mol. The lowest BCUT2D eigenvalue weighted by Crippen LogP contribution is -2.44. The zero-order chi connectivity index (χ0) is 33.1. The second-order valence-corrected chi connectivity index (χ2v) is 14.4. The van der Waals surface area contributed by atoms with E-state index in [9.17, 15) is 19.4 Å². The lowest BCUT2D eigenvalue weighted by atomic mass is 9.90. The van der Waals surface area contributed by atoms with Crippen LogP contribution in [-0.2, 0) is 22.6 Å². The summed E-state index contributed by atoms with van der Waals surface area (Å²) in [5.41, 5.74) is 2.41. The number of aliphatic hydroxyl groups is 2.